The van der Waals surface area contributed by atoms with Crippen molar-refractivity contribution in [1.29, 1.82) is 0 Å². The number of halogens is 1. The van der Waals surface area contributed by atoms with Crippen LogP contribution in [0.2, 0.25) is 5.02 Å². The van der Waals surface area contributed by atoms with Crippen molar-refractivity contribution in [3.63, 3.8) is 0 Å². The molecule has 1 unspecified atom stereocenters. The van der Waals surface area contributed by atoms with Crippen LogP contribution >= 0.6 is 11.6 Å². The number of nitrogens with one attached hydrogen (secondary N) is 1. The van der Waals surface area contributed by atoms with Gasteiger partial charge in [-0.05, 0) is 32.7 Å². The molecular formula is C12H20ClN3. The third-order valence-electron chi connectivity index (χ3n) is 3.52. The van der Waals surface area contributed by atoms with Crippen LogP contribution in [0.4, 0.5) is 0 Å². The predicted molar refractivity (Wildman–Crippen MR) is 66.9 cm³/mol. The van der Waals surface area contributed by atoms with Crippen molar-refractivity contribution in [3.05, 3.63) is 16.4 Å². The zero-order valence-corrected chi connectivity index (χ0v) is 11.1. The van der Waals surface area contributed by atoms with Crippen molar-refractivity contribution >= 4 is 11.6 Å². The van der Waals surface area contributed by atoms with E-state index >= 15 is 0 Å². The molecule has 1 aromatic rings. The second-order valence-electron chi connectivity index (χ2n) is 4.95. The Morgan fingerprint density at radius 1 is 1.56 bits per heavy atom. The van der Waals surface area contributed by atoms with Gasteiger partial charge in [0.25, 0.3) is 0 Å². The van der Waals surface area contributed by atoms with Gasteiger partial charge < -0.3 is 5.32 Å². The van der Waals surface area contributed by atoms with E-state index in [1.54, 1.807) is 0 Å². The highest BCUT2D eigenvalue weighted by Crippen LogP contribution is 2.28. The van der Waals surface area contributed by atoms with Crippen LogP contribution in [-0.4, -0.2) is 21.9 Å². The Labute approximate surface area is 102 Å². The molecule has 2 heterocycles. The lowest BCUT2D eigenvalue weighted by atomic mass is 9.94. The van der Waals surface area contributed by atoms with E-state index in [0.717, 1.165) is 35.8 Å². The third kappa shape index (κ3) is 2.11. The average Bonchev–Trinajstić information content (AvgIpc) is 2.78. The molecule has 2 rings (SSSR count). The molecule has 1 aromatic heterocycles. The van der Waals surface area contributed by atoms with Gasteiger partial charge in [-0.25, -0.2) is 0 Å². The van der Waals surface area contributed by atoms with Gasteiger partial charge in [0.05, 0.1) is 16.4 Å². The Kier molecular flexibility index (Phi) is 3.27. The maximum absolute atomic E-state index is 6.36. The number of aryl methyl sites for hydroxylation is 2. The van der Waals surface area contributed by atoms with Crippen molar-refractivity contribution in [2.75, 3.05) is 6.54 Å². The fourth-order valence-corrected chi connectivity index (χ4v) is 2.85. The van der Waals surface area contributed by atoms with E-state index in [0.29, 0.717) is 0 Å². The summed E-state index contributed by atoms with van der Waals surface area (Å²) in [6.07, 6.45) is 4.34. The maximum Gasteiger partial charge on any atom is 0.0850 e. The number of nitrogens with zero attached hydrogens (tertiary/aromatic N) is 2. The number of aromatic nitrogens is 2. The van der Waals surface area contributed by atoms with E-state index in [2.05, 4.69) is 24.3 Å². The van der Waals surface area contributed by atoms with Crippen LogP contribution in [0.25, 0.3) is 0 Å². The lowest BCUT2D eigenvalue weighted by molar-refractivity contribution is 0.401. The van der Waals surface area contributed by atoms with Gasteiger partial charge in [0.2, 0.25) is 0 Å². The van der Waals surface area contributed by atoms with Crippen LogP contribution in [0.5, 0.6) is 0 Å². The van der Waals surface area contributed by atoms with E-state index in [9.17, 15) is 0 Å². The highest BCUT2D eigenvalue weighted by atomic mass is 35.5. The van der Waals surface area contributed by atoms with E-state index in [1.165, 1.54) is 12.8 Å². The zero-order chi connectivity index (χ0) is 11.8. The molecule has 0 amide bonds. The van der Waals surface area contributed by atoms with Crippen LogP contribution < -0.4 is 5.32 Å². The van der Waals surface area contributed by atoms with Crippen molar-refractivity contribution in [2.45, 2.75) is 45.1 Å². The summed E-state index contributed by atoms with van der Waals surface area (Å²) in [7, 11) is 1.98. The Bertz CT molecular complexity index is 378. The molecule has 0 aromatic carbocycles. The minimum Gasteiger partial charge on any atom is -0.311 e. The monoisotopic (exact) mass is 241 g/mol. The number of hydrogen-bond donors (Lipinski definition) is 1. The molecule has 0 spiro atoms. The van der Waals surface area contributed by atoms with Crippen molar-refractivity contribution in [2.24, 2.45) is 7.05 Å². The zero-order valence-electron chi connectivity index (χ0n) is 10.3. The molecule has 3 nitrogen and oxygen atoms in total. The SMILES string of the molecule is CCc1nn(C)c(CC2(C)CCCN2)c1Cl. The molecule has 90 valence electrons. The highest BCUT2D eigenvalue weighted by molar-refractivity contribution is 6.31. The largest absolute Gasteiger partial charge is 0.311 e. The van der Waals surface area contributed by atoms with Gasteiger partial charge in [0, 0.05) is 19.0 Å². The Balaban J connectivity index is 2.23. The summed E-state index contributed by atoms with van der Waals surface area (Å²) < 4.78 is 1.94. The van der Waals surface area contributed by atoms with Gasteiger partial charge in [-0.3, -0.25) is 4.68 Å². The fraction of sp³-hybridized carbons (Fsp3) is 0.750. The van der Waals surface area contributed by atoms with Crippen molar-refractivity contribution in [3.8, 4) is 0 Å². The van der Waals surface area contributed by atoms with Crippen LogP contribution in [0.15, 0.2) is 0 Å². The summed E-state index contributed by atoms with van der Waals surface area (Å²) in [6.45, 7) is 5.48. The first-order chi connectivity index (χ1) is 7.56. The van der Waals surface area contributed by atoms with Gasteiger partial charge in [-0.15, -0.1) is 0 Å². The summed E-state index contributed by atoms with van der Waals surface area (Å²) in [4.78, 5) is 0. The molecule has 1 atom stereocenters. The summed E-state index contributed by atoms with van der Waals surface area (Å²) in [5, 5.41) is 8.88. The smallest absolute Gasteiger partial charge is 0.0850 e. The van der Waals surface area contributed by atoms with Gasteiger partial charge in [-0.2, -0.15) is 5.10 Å². The van der Waals surface area contributed by atoms with Gasteiger partial charge in [0.1, 0.15) is 0 Å². The molecule has 0 aliphatic carbocycles. The Morgan fingerprint density at radius 3 is 2.81 bits per heavy atom. The van der Waals surface area contributed by atoms with Gasteiger partial charge in [-0.1, -0.05) is 18.5 Å². The number of rotatable bonds is 3. The third-order valence-corrected chi connectivity index (χ3v) is 3.95. The van der Waals surface area contributed by atoms with Crippen LogP contribution in [0.3, 0.4) is 0 Å². The summed E-state index contributed by atoms with van der Waals surface area (Å²) >= 11 is 6.36. The molecule has 1 aliphatic heterocycles. The van der Waals surface area contributed by atoms with Crippen LogP contribution in [0, 0.1) is 0 Å². The topological polar surface area (TPSA) is 29.9 Å². The molecule has 1 N–H and O–H groups in total. The Morgan fingerprint density at radius 2 is 2.31 bits per heavy atom. The predicted octanol–water partition coefficient (Wildman–Crippen LogP) is 2.32. The lowest BCUT2D eigenvalue weighted by Crippen LogP contribution is -2.39. The summed E-state index contributed by atoms with van der Waals surface area (Å²) in [6, 6.07) is 0. The molecule has 4 heteroatoms. The molecule has 0 saturated carbocycles. The standard InChI is InChI=1S/C12H20ClN3/c1-4-9-11(13)10(16(3)15-9)8-12(2)6-5-7-14-12/h14H,4-8H2,1-3H3. The number of hydrogen-bond acceptors (Lipinski definition) is 2. The van der Waals surface area contributed by atoms with Gasteiger partial charge >= 0.3 is 0 Å². The first-order valence-corrected chi connectivity index (χ1v) is 6.39. The van der Waals surface area contributed by atoms with Crippen molar-refractivity contribution in [1.82, 2.24) is 15.1 Å². The molecule has 0 radical (unpaired) electrons. The van der Waals surface area contributed by atoms with E-state index in [1.807, 2.05) is 11.7 Å². The minimum absolute atomic E-state index is 0.197. The first-order valence-electron chi connectivity index (χ1n) is 6.01. The second-order valence-corrected chi connectivity index (χ2v) is 5.33. The maximum atomic E-state index is 6.36. The Hall–Kier alpha value is -0.540. The quantitative estimate of drug-likeness (QED) is 0.880. The van der Waals surface area contributed by atoms with E-state index in [-0.39, 0.29) is 5.54 Å². The highest BCUT2D eigenvalue weighted by Gasteiger charge is 2.30. The van der Waals surface area contributed by atoms with Crippen molar-refractivity contribution < 1.29 is 0 Å². The normalized spacial score (nSPS) is 25.2. The lowest BCUT2D eigenvalue weighted by Gasteiger charge is -2.24. The summed E-state index contributed by atoms with van der Waals surface area (Å²) in [5.74, 6) is 0. The van der Waals surface area contributed by atoms with Crippen LogP contribution in [0.1, 0.15) is 38.1 Å². The van der Waals surface area contributed by atoms with E-state index < -0.39 is 0 Å². The molecular weight excluding hydrogens is 222 g/mol. The molecule has 16 heavy (non-hydrogen) atoms. The minimum atomic E-state index is 0.197. The molecule has 1 saturated heterocycles. The fourth-order valence-electron chi connectivity index (χ4n) is 2.49. The average molecular weight is 242 g/mol. The molecule has 1 fully saturated rings. The van der Waals surface area contributed by atoms with Crippen LogP contribution in [-0.2, 0) is 19.9 Å². The first kappa shape index (κ1) is 11.9. The molecule has 1 aliphatic rings. The molecule has 0 bridgehead atoms. The second kappa shape index (κ2) is 4.38. The summed E-state index contributed by atoms with van der Waals surface area (Å²) in [5.41, 5.74) is 2.37. The van der Waals surface area contributed by atoms with Gasteiger partial charge in [0.15, 0.2) is 0 Å². The van der Waals surface area contributed by atoms with E-state index in [4.69, 9.17) is 11.6 Å².